The quantitative estimate of drug-likeness (QED) is 0.566. The van der Waals surface area contributed by atoms with E-state index in [9.17, 15) is 4.39 Å². The molecule has 1 heterocycles. The molecule has 0 aliphatic rings. The number of nitrogens with two attached hydrogens (primary N) is 1. The molecule has 96 valence electrons. The van der Waals surface area contributed by atoms with Gasteiger partial charge in [-0.25, -0.2) is 9.37 Å². The molecule has 3 aromatic rings. The topological polar surface area (TPSA) is 54.7 Å². The van der Waals surface area contributed by atoms with E-state index in [0.29, 0.717) is 17.0 Å². The van der Waals surface area contributed by atoms with Gasteiger partial charge in [0.05, 0.1) is 11.0 Å². The number of aromatic nitrogens is 2. The van der Waals surface area contributed by atoms with Crippen molar-refractivity contribution in [1.29, 1.82) is 0 Å². The van der Waals surface area contributed by atoms with Crippen LogP contribution < -0.4 is 5.73 Å². The molecular weight excluding hydrogens is 261 g/mol. The maximum atomic E-state index is 13.6. The van der Waals surface area contributed by atoms with Gasteiger partial charge in [0.25, 0.3) is 0 Å². The zero-order valence-corrected chi connectivity index (χ0v) is 10.9. The van der Waals surface area contributed by atoms with Crippen molar-refractivity contribution in [3.8, 4) is 0 Å². The zero-order valence-electron chi connectivity index (χ0n) is 10.1. The van der Waals surface area contributed by atoms with E-state index in [1.807, 2.05) is 24.3 Å². The lowest BCUT2D eigenvalue weighted by Crippen LogP contribution is -1.91. The summed E-state index contributed by atoms with van der Waals surface area (Å²) in [4.78, 5) is 7.64. The van der Waals surface area contributed by atoms with Crippen molar-refractivity contribution < 1.29 is 4.39 Å². The Balaban J connectivity index is 1.78. The highest BCUT2D eigenvalue weighted by atomic mass is 32.2. The molecule has 3 rings (SSSR count). The number of para-hydroxylation sites is 2. The van der Waals surface area contributed by atoms with Crippen molar-refractivity contribution in [3.05, 3.63) is 53.8 Å². The molecule has 3 N–H and O–H groups in total. The number of H-pyrrole nitrogens is 1. The minimum absolute atomic E-state index is 0.274. The van der Waals surface area contributed by atoms with E-state index in [1.54, 1.807) is 12.1 Å². The van der Waals surface area contributed by atoms with Crippen molar-refractivity contribution in [2.75, 3.05) is 5.73 Å². The van der Waals surface area contributed by atoms with Crippen molar-refractivity contribution >= 4 is 28.5 Å². The number of aromatic amines is 1. The van der Waals surface area contributed by atoms with Crippen LogP contribution in [0.15, 0.2) is 47.6 Å². The first-order chi connectivity index (χ1) is 9.22. The minimum Gasteiger partial charge on any atom is -0.399 e. The van der Waals surface area contributed by atoms with E-state index in [0.717, 1.165) is 16.2 Å². The van der Waals surface area contributed by atoms with Gasteiger partial charge in [-0.05, 0) is 29.8 Å². The first kappa shape index (κ1) is 12.0. The Morgan fingerprint density at radius 3 is 2.84 bits per heavy atom. The van der Waals surface area contributed by atoms with Crippen LogP contribution in [0.1, 0.15) is 5.56 Å². The van der Waals surface area contributed by atoms with Crippen LogP contribution in [0.25, 0.3) is 11.0 Å². The van der Waals surface area contributed by atoms with E-state index >= 15 is 0 Å². The Morgan fingerprint density at radius 1 is 1.21 bits per heavy atom. The molecular formula is C14H12FN3S. The van der Waals surface area contributed by atoms with E-state index < -0.39 is 0 Å². The number of nitrogen functional groups attached to an aromatic ring is 1. The van der Waals surface area contributed by atoms with Crippen LogP contribution in [-0.4, -0.2) is 9.97 Å². The van der Waals surface area contributed by atoms with Gasteiger partial charge in [-0.2, -0.15) is 0 Å². The molecule has 0 bridgehead atoms. The Bertz CT molecular complexity index is 691. The average molecular weight is 273 g/mol. The van der Waals surface area contributed by atoms with Crippen LogP contribution in [0.3, 0.4) is 0 Å². The Morgan fingerprint density at radius 2 is 2.05 bits per heavy atom. The Kier molecular flexibility index (Phi) is 3.13. The normalized spacial score (nSPS) is 11.0. The summed E-state index contributed by atoms with van der Waals surface area (Å²) in [5, 5.41) is 0.789. The Labute approximate surface area is 114 Å². The van der Waals surface area contributed by atoms with E-state index in [4.69, 9.17) is 5.73 Å². The van der Waals surface area contributed by atoms with E-state index in [1.165, 1.54) is 17.8 Å². The summed E-state index contributed by atoms with van der Waals surface area (Å²) in [7, 11) is 0. The van der Waals surface area contributed by atoms with Gasteiger partial charge in [-0.3, -0.25) is 0 Å². The number of benzene rings is 2. The van der Waals surface area contributed by atoms with Crippen LogP contribution in [0.2, 0.25) is 0 Å². The molecule has 3 nitrogen and oxygen atoms in total. The summed E-state index contributed by atoms with van der Waals surface area (Å²) in [6, 6.07) is 12.6. The smallest absolute Gasteiger partial charge is 0.166 e. The summed E-state index contributed by atoms with van der Waals surface area (Å²) in [5.41, 5.74) is 8.49. The molecule has 2 aromatic carbocycles. The lowest BCUT2D eigenvalue weighted by molar-refractivity contribution is 0.618. The molecule has 0 spiro atoms. The number of fused-ring (bicyclic) bond motifs is 1. The molecule has 0 aliphatic heterocycles. The van der Waals surface area contributed by atoms with Crippen LogP contribution in [-0.2, 0) is 5.75 Å². The van der Waals surface area contributed by atoms with Crippen molar-refractivity contribution in [2.24, 2.45) is 0 Å². The standard InChI is InChI=1S/C14H12FN3S/c15-11-7-10(16)6-5-9(11)8-19-14-17-12-3-1-2-4-13(12)18-14/h1-7H,8,16H2,(H,17,18). The van der Waals surface area contributed by atoms with Gasteiger partial charge < -0.3 is 10.7 Å². The molecule has 0 unspecified atom stereocenters. The number of nitrogens with zero attached hydrogens (tertiary/aromatic N) is 1. The van der Waals surface area contributed by atoms with Crippen molar-refractivity contribution in [1.82, 2.24) is 9.97 Å². The third kappa shape index (κ3) is 2.56. The van der Waals surface area contributed by atoms with Crippen LogP contribution in [0.5, 0.6) is 0 Å². The molecule has 0 saturated heterocycles. The summed E-state index contributed by atoms with van der Waals surface area (Å²) in [5.74, 6) is 0.245. The number of hydrogen-bond acceptors (Lipinski definition) is 3. The number of halogens is 1. The van der Waals surface area contributed by atoms with Gasteiger partial charge in [0, 0.05) is 11.4 Å². The zero-order chi connectivity index (χ0) is 13.2. The molecule has 0 amide bonds. The van der Waals surface area contributed by atoms with Gasteiger partial charge in [-0.1, -0.05) is 30.0 Å². The second-order valence-electron chi connectivity index (χ2n) is 4.20. The van der Waals surface area contributed by atoms with Gasteiger partial charge >= 0.3 is 0 Å². The van der Waals surface area contributed by atoms with Gasteiger partial charge in [-0.15, -0.1) is 0 Å². The van der Waals surface area contributed by atoms with E-state index in [2.05, 4.69) is 9.97 Å². The molecule has 19 heavy (non-hydrogen) atoms. The molecule has 0 radical (unpaired) electrons. The lowest BCUT2D eigenvalue weighted by Gasteiger charge is -2.02. The molecule has 0 saturated carbocycles. The van der Waals surface area contributed by atoms with Crippen LogP contribution in [0.4, 0.5) is 10.1 Å². The van der Waals surface area contributed by atoms with Crippen LogP contribution in [0, 0.1) is 5.82 Å². The third-order valence-electron chi connectivity index (χ3n) is 2.81. The minimum atomic E-state index is -0.274. The van der Waals surface area contributed by atoms with Gasteiger partial charge in [0.2, 0.25) is 0 Å². The summed E-state index contributed by atoms with van der Waals surface area (Å²) < 4.78 is 13.6. The van der Waals surface area contributed by atoms with Gasteiger partial charge in [0.1, 0.15) is 5.82 Å². The predicted molar refractivity (Wildman–Crippen MR) is 76.5 cm³/mol. The number of rotatable bonds is 3. The highest BCUT2D eigenvalue weighted by molar-refractivity contribution is 7.98. The molecule has 0 atom stereocenters. The third-order valence-corrected chi connectivity index (χ3v) is 3.73. The number of nitrogens with one attached hydrogen (secondary N) is 1. The maximum Gasteiger partial charge on any atom is 0.166 e. The first-order valence-electron chi connectivity index (χ1n) is 5.84. The average Bonchev–Trinajstić information content (AvgIpc) is 2.80. The highest BCUT2D eigenvalue weighted by Gasteiger charge is 2.06. The van der Waals surface area contributed by atoms with Gasteiger partial charge in [0.15, 0.2) is 5.16 Å². The fourth-order valence-corrected chi connectivity index (χ4v) is 2.70. The molecule has 1 aromatic heterocycles. The van der Waals surface area contributed by atoms with Crippen LogP contribution >= 0.6 is 11.8 Å². The Hall–Kier alpha value is -2.01. The summed E-state index contributed by atoms with van der Waals surface area (Å²) in [6.45, 7) is 0. The predicted octanol–water partition coefficient (Wildman–Crippen LogP) is 3.58. The lowest BCUT2D eigenvalue weighted by atomic mass is 10.2. The van der Waals surface area contributed by atoms with Crippen molar-refractivity contribution in [2.45, 2.75) is 10.9 Å². The maximum absolute atomic E-state index is 13.6. The number of anilines is 1. The second kappa shape index (κ2) is 4.93. The molecule has 0 aliphatic carbocycles. The second-order valence-corrected chi connectivity index (χ2v) is 5.16. The fraction of sp³-hybridized carbons (Fsp3) is 0.0714. The first-order valence-corrected chi connectivity index (χ1v) is 6.82. The summed E-state index contributed by atoms with van der Waals surface area (Å²) in [6.07, 6.45) is 0. The molecule has 0 fully saturated rings. The monoisotopic (exact) mass is 273 g/mol. The number of hydrogen-bond donors (Lipinski definition) is 2. The largest absolute Gasteiger partial charge is 0.399 e. The molecule has 5 heteroatoms. The highest BCUT2D eigenvalue weighted by Crippen LogP contribution is 2.24. The SMILES string of the molecule is Nc1ccc(CSc2nc3ccccc3[nH]2)c(F)c1. The number of thioether (sulfide) groups is 1. The summed E-state index contributed by atoms with van der Waals surface area (Å²) >= 11 is 1.47. The number of imidazole rings is 1. The van der Waals surface area contributed by atoms with E-state index in [-0.39, 0.29) is 5.82 Å². The van der Waals surface area contributed by atoms with Crippen molar-refractivity contribution in [3.63, 3.8) is 0 Å². The fourth-order valence-electron chi connectivity index (χ4n) is 1.82.